The maximum atomic E-state index is 12.8. The number of Topliss-reactive ketones (excluding diaryl/α,β-unsaturated/α-hetero) is 1. The van der Waals surface area contributed by atoms with Crippen LogP contribution in [-0.2, 0) is 11.2 Å². The fourth-order valence-corrected chi connectivity index (χ4v) is 3.85. The van der Waals surface area contributed by atoms with Gasteiger partial charge in [0.1, 0.15) is 11.4 Å². The van der Waals surface area contributed by atoms with Crippen LogP contribution >= 0.6 is 0 Å². The minimum Gasteiger partial charge on any atom is -0.490 e. The first-order valence-corrected chi connectivity index (χ1v) is 13.1. The molecule has 0 N–H and O–H groups in total. The summed E-state index contributed by atoms with van der Waals surface area (Å²) in [6.07, 6.45) is 7.22. The third-order valence-corrected chi connectivity index (χ3v) is 6.42. The number of aryl methyl sites for hydroxylation is 1. The fourth-order valence-electron chi connectivity index (χ4n) is 3.85. The van der Waals surface area contributed by atoms with Gasteiger partial charge in [-0.05, 0) is 67.9 Å². The predicted octanol–water partition coefficient (Wildman–Crippen LogP) is 6.02. The molecule has 198 valence electrons. The zero-order valence-corrected chi connectivity index (χ0v) is 23.1. The Balaban J connectivity index is 0.000000365. The summed E-state index contributed by atoms with van der Waals surface area (Å²) in [4.78, 5) is 19.3. The molecule has 1 aromatic heterocycles. The normalized spacial score (nSPS) is 16.8. The second kappa shape index (κ2) is 15.0. The monoisotopic (exact) mass is 504 g/mol. The van der Waals surface area contributed by atoms with E-state index in [0.717, 1.165) is 61.6 Å². The average Bonchev–Trinajstić information content (AvgIpc) is 3.64. The van der Waals surface area contributed by atoms with Crippen molar-refractivity contribution in [3.8, 4) is 29.3 Å². The standard InChI is InChI=1S/C22H24N2O2.C6H10N2.C2H6O/c1-4-14(3)22(25)21-16(5-2)7-10-19(24-21)18-12-15(13-23)6-11-20(18)26-17-8-9-17;1-6-2-3-8(4-6)5-7;1-3-2/h6-7,10-12,14,17H,4-5,8-9H2,1-3H3;6H,2-4H2,1H3;1-2H3. The van der Waals surface area contributed by atoms with Gasteiger partial charge in [0.15, 0.2) is 12.0 Å². The maximum absolute atomic E-state index is 12.8. The highest BCUT2D eigenvalue weighted by Gasteiger charge is 2.26. The summed E-state index contributed by atoms with van der Waals surface area (Å²) >= 11 is 0. The molecule has 1 saturated carbocycles. The van der Waals surface area contributed by atoms with Crippen LogP contribution in [0.25, 0.3) is 11.3 Å². The molecule has 7 heteroatoms. The van der Waals surface area contributed by atoms with Gasteiger partial charge in [0.25, 0.3) is 0 Å². The highest BCUT2D eigenvalue weighted by atomic mass is 16.5. The van der Waals surface area contributed by atoms with Gasteiger partial charge in [-0.3, -0.25) is 4.79 Å². The molecule has 1 aliphatic heterocycles. The van der Waals surface area contributed by atoms with E-state index >= 15 is 0 Å². The van der Waals surface area contributed by atoms with Crippen LogP contribution < -0.4 is 4.74 Å². The number of hydrogen-bond donors (Lipinski definition) is 0. The SMILES string of the molecule is CC1CCN(C#N)C1.CCc1ccc(-c2cc(C#N)ccc2OC2CC2)nc1C(=O)C(C)CC.COC. The molecule has 2 unspecified atom stereocenters. The number of ketones is 1. The molecule has 2 atom stereocenters. The van der Waals surface area contributed by atoms with Crippen molar-refractivity contribution in [3.05, 3.63) is 47.2 Å². The first kappa shape index (κ1) is 29.8. The van der Waals surface area contributed by atoms with Crippen LogP contribution in [0, 0.1) is 34.6 Å². The zero-order chi connectivity index (χ0) is 27.4. The van der Waals surface area contributed by atoms with Gasteiger partial charge >= 0.3 is 0 Å². The lowest BCUT2D eigenvalue weighted by Crippen LogP contribution is -2.15. The van der Waals surface area contributed by atoms with Gasteiger partial charge in [-0.25, -0.2) is 4.98 Å². The van der Waals surface area contributed by atoms with Gasteiger partial charge < -0.3 is 14.4 Å². The van der Waals surface area contributed by atoms with Crippen molar-refractivity contribution >= 4 is 5.78 Å². The maximum Gasteiger partial charge on any atom is 0.184 e. The molecule has 37 heavy (non-hydrogen) atoms. The Morgan fingerprint density at radius 2 is 1.86 bits per heavy atom. The Morgan fingerprint density at radius 1 is 1.16 bits per heavy atom. The van der Waals surface area contributed by atoms with E-state index < -0.39 is 0 Å². The lowest BCUT2D eigenvalue weighted by atomic mass is 9.95. The van der Waals surface area contributed by atoms with E-state index in [9.17, 15) is 10.1 Å². The van der Waals surface area contributed by atoms with Crippen molar-refractivity contribution in [2.45, 2.75) is 65.9 Å². The molecule has 2 fully saturated rings. The van der Waals surface area contributed by atoms with Crippen LogP contribution in [-0.4, -0.2) is 49.1 Å². The number of rotatable bonds is 7. The number of benzene rings is 1. The summed E-state index contributed by atoms with van der Waals surface area (Å²) in [5.74, 6) is 1.47. The van der Waals surface area contributed by atoms with Gasteiger partial charge in [0, 0.05) is 38.8 Å². The van der Waals surface area contributed by atoms with E-state index in [0.29, 0.717) is 17.0 Å². The fraction of sp³-hybridized carbons (Fsp3) is 0.533. The Hall–Kier alpha value is -3.42. The van der Waals surface area contributed by atoms with Gasteiger partial charge in [-0.15, -0.1) is 0 Å². The molecule has 7 nitrogen and oxygen atoms in total. The van der Waals surface area contributed by atoms with E-state index in [4.69, 9.17) is 15.0 Å². The second-order valence-corrected chi connectivity index (χ2v) is 9.72. The molecular formula is C30H40N4O3. The first-order chi connectivity index (χ1) is 17.8. The summed E-state index contributed by atoms with van der Waals surface area (Å²) in [6, 6.07) is 11.4. The summed E-state index contributed by atoms with van der Waals surface area (Å²) < 4.78 is 10.3. The first-order valence-electron chi connectivity index (χ1n) is 13.1. The van der Waals surface area contributed by atoms with Crippen LogP contribution in [0.2, 0.25) is 0 Å². The molecule has 1 aromatic carbocycles. The lowest BCUT2D eigenvalue weighted by Gasteiger charge is -2.15. The van der Waals surface area contributed by atoms with Gasteiger partial charge in [-0.2, -0.15) is 10.5 Å². The lowest BCUT2D eigenvalue weighted by molar-refractivity contribution is 0.0921. The van der Waals surface area contributed by atoms with Crippen molar-refractivity contribution in [2.24, 2.45) is 11.8 Å². The summed E-state index contributed by atoms with van der Waals surface area (Å²) in [5.41, 5.74) is 3.51. The number of aromatic nitrogens is 1. The number of nitriles is 2. The molecule has 0 spiro atoms. The molecular weight excluding hydrogens is 464 g/mol. The molecule has 0 radical (unpaired) electrons. The molecule has 1 aliphatic carbocycles. The second-order valence-electron chi connectivity index (χ2n) is 9.72. The number of likely N-dealkylation sites (tertiary alicyclic amines) is 1. The minimum absolute atomic E-state index is 0.0596. The van der Waals surface area contributed by atoms with Crippen molar-refractivity contribution in [1.29, 1.82) is 10.5 Å². The Kier molecular flexibility index (Phi) is 12.1. The smallest absolute Gasteiger partial charge is 0.184 e. The Labute approximate surface area is 222 Å². The number of carbonyl (C=O) groups excluding carboxylic acids is 1. The zero-order valence-electron chi connectivity index (χ0n) is 23.1. The number of ether oxygens (including phenoxy) is 2. The number of nitrogens with zero attached hydrogens (tertiary/aromatic N) is 4. The van der Waals surface area contributed by atoms with Crippen molar-refractivity contribution in [2.75, 3.05) is 27.3 Å². The molecule has 0 bridgehead atoms. The van der Waals surface area contributed by atoms with Gasteiger partial charge in [-0.1, -0.05) is 33.8 Å². The van der Waals surface area contributed by atoms with Crippen LogP contribution in [0.5, 0.6) is 5.75 Å². The van der Waals surface area contributed by atoms with Crippen molar-refractivity contribution < 1.29 is 14.3 Å². The molecule has 0 amide bonds. The largest absolute Gasteiger partial charge is 0.490 e. The topological polar surface area (TPSA) is 99.2 Å². The van der Waals surface area contributed by atoms with E-state index in [1.54, 1.807) is 26.4 Å². The highest BCUT2D eigenvalue weighted by Crippen LogP contribution is 2.35. The van der Waals surface area contributed by atoms with Crippen LogP contribution in [0.1, 0.15) is 75.0 Å². The third-order valence-electron chi connectivity index (χ3n) is 6.42. The average molecular weight is 505 g/mol. The van der Waals surface area contributed by atoms with Gasteiger partial charge in [0.2, 0.25) is 0 Å². The molecule has 2 heterocycles. The van der Waals surface area contributed by atoms with Crippen LogP contribution in [0.15, 0.2) is 30.3 Å². The predicted molar refractivity (Wildman–Crippen MR) is 145 cm³/mol. The van der Waals surface area contributed by atoms with E-state index in [1.165, 1.54) is 6.42 Å². The Bertz CT molecular complexity index is 1110. The van der Waals surface area contributed by atoms with Crippen LogP contribution in [0.3, 0.4) is 0 Å². The van der Waals surface area contributed by atoms with Gasteiger partial charge in [0.05, 0.1) is 23.4 Å². The summed E-state index contributed by atoms with van der Waals surface area (Å²) in [7, 11) is 3.25. The van der Waals surface area contributed by atoms with E-state index in [-0.39, 0.29) is 17.8 Å². The molecule has 2 aromatic rings. The van der Waals surface area contributed by atoms with Crippen molar-refractivity contribution in [1.82, 2.24) is 9.88 Å². The summed E-state index contributed by atoms with van der Waals surface area (Å²) in [5, 5.41) is 17.6. The van der Waals surface area contributed by atoms with E-state index in [2.05, 4.69) is 23.9 Å². The summed E-state index contributed by atoms with van der Waals surface area (Å²) in [6.45, 7) is 10.1. The highest BCUT2D eigenvalue weighted by molar-refractivity contribution is 5.97. The molecule has 1 saturated heterocycles. The quantitative estimate of drug-likeness (QED) is 0.335. The third kappa shape index (κ3) is 8.88. The minimum atomic E-state index is -0.0596. The van der Waals surface area contributed by atoms with Crippen LogP contribution in [0.4, 0.5) is 0 Å². The number of hydrogen-bond acceptors (Lipinski definition) is 7. The van der Waals surface area contributed by atoms with E-state index in [1.807, 2.05) is 43.9 Å². The number of pyridine rings is 1. The Morgan fingerprint density at radius 3 is 2.35 bits per heavy atom. The number of methoxy groups -OCH3 is 1. The number of carbonyl (C=O) groups is 1. The molecule has 2 aliphatic rings. The van der Waals surface area contributed by atoms with Crippen molar-refractivity contribution in [3.63, 3.8) is 0 Å². The molecule has 4 rings (SSSR count).